The number of hydrogen-bond acceptors (Lipinski definition) is 3. The number of carbonyl (C=O) groups excluding carboxylic acids is 1. The Balaban J connectivity index is 2.32. The third-order valence-electron chi connectivity index (χ3n) is 2.78. The van der Waals surface area contributed by atoms with Crippen molar-refractivity contribution in [2.75, 3.05) is 17.3 Å². The van der Waals surface area contributed by atoms with Gasteiger partial charge in [-0.05, 0) is 12.0 Å². The average Bonchev–Trinajstić information content (AvgIpc) is 2.71. The maximum Gasteiger partial charge on any atom is 0.271 e. The van der Waals surface area contributed by atoms with Crippen LogP contribution in [0, 0.1) is 10.1 Å². The van der Waals surface area contributed by atoms with Crippen molar-refractivity contribution in [1.82, 2.24) is 0 Å². The Morgan fingerprint density at radius 3 is 2.94 bits per heavy atom. The van der Waals surface area contributed by atoms with Gasteiger partial charge < -0.3 is 4.90 Å². The summed E-state index contributed by atoms with van der Waals surface area (Å²) in [5, 5.41) is 10.7. The van der Waals surface area contributed by atoms with Crippen LogP contribution >= 0.6 is 11.6 Å². The van der Waals surface area contributed by atoms with Crippen LogP contribution in [0.3, 0.4) is 0 Å². The lowest BCUT2D eigenvalue weighted by atomic mass is 10.1. The molecular weight excluding hydrogens is 244 g/mol. The number of benzene rings is 1. The average molecular weight is 255 g/mol. The van der Waals surface area contributed by atoms with Crippen molar-refractivity contribution in [3.8, 4) is 0 Å². The second kappa shape index (κ2) is 4.71. The standard InChI is InChI=1S/C11H11ClN2O3/c12-5-3-11(15)13-6-4-8-1-2-9(14(16)17)7-10(8)13/h1-2,7H,3-6H2. The first-order valence-electron chi connectivity index (χ1n) is 5.27. The van der Waals surface area contributed by atoms with Crippen molar-refractivity contribution in [2.24, 2.45) is 0 Å². The SMILES string of the molecule is O=C(CCCl)N1CCc2ccc([N+](=O)[O-])cc21. The zero-order valence-corrected chi connectivity index (χ0v) is 9.81. The van der Waals surface area contributed by atoms with E-state index >= 15 is 0 Å². The van der Waals surface area contributed by atoms with Crippen molar-refractivity contribution < 1.29 is 9.72 Å². The number of nitro groups is 1. The van der Waals surface area contributed by atoms with Gasteiger partial charge in [-0.1, -0.05) is 6.07 Å². The fraction of sp³-hybridized carbons (Fsp3) is 0.364. The molecule has 0 saturated heterocycles. The van der Waals surface area contributed by atoms with Crippen LogP contribution in [-0.2, 0) is 11.2 Å². The van der Waals surface area contributed by atoms with Crippen molar-refractivity contribution in [3.63, 3.8) is 0 Å². The number of amides is 1. The Hall–Kier alpha value is -1.62. The highest BCUT2D eigenvalue weighted by molar-refractivity contribution is 6.19. The molecule has 0 aliphatic carbocycles. The molecule has 1 amide bonds. The van der Waals surface area contributed by atoms with E-state index in [2.05, 4.69) is 0 Å². The first kappa shape index (κ1) is 11.9. The van der Waals surface area contributed by atoms with Crippen LogP contribution in [0.5, 0.6) is 0 Å². The molecule has 1 aliphatic heterocycles. The fourth-order valence-electron chi connectivity index (χ4n) is 1.96. The van der Waals surface area contributed by atoms with Crippen LogP contribution in [0.15, 0.2) is 18.2 Å². The topological polar surface area (TPSA) is 63.5 Å². The molecule has 0 radical (unpaired) electrons. The Bertz CT molecular complexity index is 476. The number of alkyl halides is 1. The quantitative estimate of drug-likeness (QED) is 0.471. The molecule has 5 nitrogen and oxygen atoms in total. The molecule has 1 aromatic rings. The van der Waals surface area contributed by atoms with Gasteiger partial charge in [0.1, 0.15) is 0 Å². The van der Waals surface area contributed by atoms with Crippen LogP contribution in [0.4, 0.5) is 11.4 Å². The first-order chi connectivity index (χ1) is 8.13. The monoisotopic (exact) mass is 254 g/mol. The van der Waals surface area contributed by atoms with Crippen LogP contribution < -0.4 is 4.90 Å². The number of fused-ring (bicyclic) bond motifs is 1. The summed E-state index contributed by atoms with van der Waals surface area (Å²) in [6.07, 6.45) is 0.991. The molecule has 0 N–H and O–H groups in total. The van der Waals surface area contributed by atoms with Gasteiger partial charge in [0.2, 0.25) is 5.91 Å². The van der Waals surface area contributed by atoms with Gasteiger partial charge in [0.05, 0.1) is 10.6 Å². The molecule has 2 rings (SSSR count). The summed E-state index contributed by atoms with van der Waals surface area (Å²) >= 11 is 5.53. The molecule has 0 saturated carbocycles. The Morgan fingerprint density at radius 2 is 2.29 bits per heavy atom. The maximum absolute atomic E-state index is 11.8. The summed E-state index contributed by atoms with van der Waals surface area (Å²) in [7, 11) is 0. The molecule has 0 spiro atoms. The van der Waals surface area contributed by atoms with Crippen molar-refractivity contribution >= 4 is 28.9 Å². The van der Waals surface area contributed by atoms with Gasteiger partial charge in [-0.3, -0.25) is 14.9 Å². The van der Waals surface area contributed by atoms with Crippen molar-refractivity contribution in [2.45, 2.75) is 12.8 Å². The number of hydrogen-bond donors (Lipinski definition) is 0. The minimum Gasteiger partial charge on any atom is -0.312 e. The van der Waals surface area contributed by atoms with E-state index in [0.29, 0.717) is 12.2 Å². The predicted octanol–water partition coefficient (Wildman–Crippen LogP) is 2.11. The molecule has 90 valence electrons. The van der Waals surface area contributed by atoms with Gasteiger partial charge in [0.15, 0.2) is 0 Å². The summed E-state index contributed by atoms with van der Waals surface area (Å²) in [4.78, 5) is 23.6. The van der Waals surface area contributed by atoms with Gasteiger partial charge >= 0.3 is 0 Å². The lowest BCUT2D eigenvalue weighted by Crippen LogP contribution is -2.28. The largest absolute Gasteiger partial charge is 0.312 e. The molecule has 0 fully saturated rings. The highest BCUT2D eigenvalue weighted by Crippen LogP contribution is 2.31. The molecule has 0 aromatic heterocycles. The van der Waals surface area contributed by atoms with E-state index < -0.39 is 4.92 Å². The highest BCUT2D eigenvalue weighted by atomic mass is 35.5. The van der Waals surface area contributed by atoms with Gasteiger partial charge in [0.25, 0.3) is 5.69 Å². The van der Waals surface area contributed by atoms with Gasteiger partial charge in [-0.15, -0.1) is 11.6 Å². The lowest BCUT2D eigenvalue weighted by molar-refractivity contribution is -0.384. The summed E-state index contributed by atoms with van der Waals surface area (Å²) in [5.74, 6) is 0.179. The summed E-state index contributed by atoms with van der Waals surface area (Å²) in [5.41, 5.74) is 1.63. The Labute approximate surface area is 103 Å². The van der Waals surface area contributed by atoms with E-state index in [0.717, 1.165) is 12.0 Å². The van der Waals surface area contributed by atoms with E-state index in [-0.39, 0.29) is 23.9 Å². The Morgan fingerprint density at radius 1 is 1.53 bits per heavy atom. The molecule has 17 heavy (non-hydrogen) atoms. The number of anilines is 1. The van der Waals surface area contributed by atoms with E-state index in [1.54, 1.807) is 11.0 Å². The van der Waals surface area contributed by atoms with Crippen LogP contribution in [0.1, 0.15) is 12.0 Å². The third-order valence-corrected chi connectivity index (χ3v) is 2.97. The number of non-ortho nitro benzene ring substituents is 1. The molecular formula is C11H11ClN2O3. The number of nitrogens with zero attached hydrogens (tertiary/aromatic N) is 2. The molecule has 1 aliphatic rings. The highest BCUT2D eigenvalue weighted by Gasteiger charge is 2.26. The number of rotatable bonds is 3. The zero-order valence-electron chi connectivity index (χ0n) is 9.06. The molecule has 1 heterocycles. The van der Waals surface area contributed by atoms with Gasteiger partial charge in [-0.25, -0.2) is 0 Å². The molecule has 0 atom stereocenters. The minimum absolute atomic E-state index is 0.00863. The number of halogens is 1. The van der Waals surface area contributed by atoms with Crippen molar-refractivity contribution in [1.29, 1.82) is 0 Å². The fourth-order valence-corrected chi connectivity index (χ4v) is 2.12. The van der Waals surface area contributed by atoms with E-state index in [9.17, 15) is 14.9 Å². The van der Waals surface area contributed by atoms with Gasteiger partial charge in [-0.2, -0.15) is 0 Å². The van der Waals surface area contributed by atoms with Crippen LogP contribution in [0.2, 0.25) is 0 Å². The van der Waals surface area contributed by atoms with Gasteiger partial charge in [0, 0.05) is 31.0 Å². The minimum atomic E-state index is -0.456. The molecule has 6 heteroatoms. The summed E-state index contributed by atoms with van der Waals surface area (Å²) in [6.45, 7) is 0.576. The van der Waals surface area contributed by atoms with Crippen LogP contribution in [-0.4, -0.2) is 23.3 Å². The summed E-state index contributed by atoms with van der Waals surface area (Å²) < 4.78 is 0. The summed E-state index contributed by atoms with van der Waals surface area (Å²) in [6, 6.07) is 4.63. The number of nitro benzene ring substituents is 1. The molecule has 1 aromatic carbocycles. The molecule has 0 bridgehead atoms. The molecule has 0 unspecified atom stereocenters. The normalized spacial score (nSPS) is 13.6. The lowest BCUT2D eigenvalue weighted by Gasteiger charge is -2.16. The van der Waals surface area contributed by atoms with Crippen LogP contribution in [0.25, 0.3) is 0 Å². The van der Waals surface area contributed by atoms with E-state index in [4.69, 9.17) is 11.6 Å². The first-order valence-corrected chi connectivity index (χ1v) is 5.80. The number of carbonyl (C=O) groups is 1. The maximum atomic E-state index is 11.8. The van der Waals surface area contributed by atoms with E-state index in [1.807, 2.05) is 0 Å². The third kappa shape index (κ3) is 2.24. The Kier molecular flexibility index (Phi) is 3.28. The van der Waals surface area contributed by atoms with E-state index in [1.165, 1.54) is 12.1 Å². The predicted molar refractivity (Wildman–Crippen MR) is 64.5 cm³/mol. The zero-order chi connectivity index (χ0) is 12.4. The second-order valence-corrected chi connectivity index (χ2v) is 4.18. The van der Waals surface area contributed by atoms with Crippen molar-refractivity contribution in [3.05, 3.63) is 33.9 Å². The smallest absolute Gasteiger partial charge is 0.271 e. The second-order valence-electron chi connectivity index (χ2n) is 3.80.